The number of hydrogen-bond acceptors (Lipinski definition) is 4. The number of aryl methyl sites for hydroxylation is 1. The van der Waals surface area contributed by atoms with Crippen molar-refractivity contribution in [1.82, 2.24) is 9.97 Å². The smallest absolute Gasteiger partial charge is 0.319 e. The molecule has 0 aromatic carbocycles. The molecule has 2 heterocycles. The number of pyridine rings is 1. The first kappa shape index (κ1) is 18.6. The van der Waals surface area contributed by atoms with Crippen LogP contribution >= 0.6 is 22.9 Å². The van der Waals surface area contributed by atoms with Crippen molar-refractivity contribution in [2.24, 2.45) is 11.7 Å². The number of rotatable bonds is 6. The van der Waals surface area contributed by atoms with Crippen LogP contribution in [0.5, 0.6) is 0 Å². The van der Waals surface area contributed by atoms with Crippen LogP contribution in [-0.2, 0) is 24.6 Å². The Balaban J connectivity index is 1.57. The number of halogens is 4. The third-order valence-electron chi connectivity index (χ3n) is 4.43. The first-order valence-corrected chi connectivity index (χ1v) is 9.32. The van der Waals surface area contributed by atoms with Gasteiger partial charge >= 0.3 is 6.18 Å². The fourth-order valence-electron chi connectivity index (χ4n) is 2.66. The summed E-state index contributed by atoms with van der Waals surface area (Å²) in [5, 5.41) is 0.626. The Kier molecular flexibility index (Phi) is 5.10. The predicted octanol–water partition coefficient (Wildman–Crippen LogP) is 4.97. The summed E-state index contributed by atoms with van der Waals surface area (Å²) in [5.41, 5.74) is 5.52. The molecule has 1 atom stereocenters. The van der Waals surface area contributed by atoms with E-state index in [1.165, 1.54) is 4.88 Å². The molecule has 1 fully saturated rings. The monoisotopic (exact) mass is 389 g/mol. The molecule has 1 aliphatic rings. The summed E-state index contributed by atoms with van der Waals surface area (Å²) in [6, 6.07) is 1.05. The zero-order valence-corrected chi connectivity index (χ0v) is 15.3. The molecule has 0 amide bonds. The maximum Gasteiger partial charge on any atom is 0.417 e. The van der Waals surface area contributed by atoms with Crippen LogP contribution in [0.1, 0.15) is 47.3 Å². The number of alkyl halides is 3. The van der Waals surface area contributed by atoms with E-state index in [0.717, 1.165) is 43.0 Å². The van der Waals surface area contributed by atoms with E-state index >= 15 is 0 Å². The van der Waals surface area contributed by atoms with Crippen molar-refractivity contribution in [3.63, 3.8) is 0 Å². The second-order valence-electron chi connectivity index (χ2n) is 6.79. The van der Waals surface area contributed by atoms with E-state index in [9.17, 15) is 13.2 Å². The van der Waals surface area contributed by atoms with Crippen LogP contribution in [0.25, 0.3) is 0 Å². The first-order chi connectivity index (χ1) is 11.7. The number of nitrogens with zero attached hydrogens (tertiary/aromatic N) is 2. The van der Waals surface area contributed by atoms with Gasteiger partial charge in [0.25, 0.3) is 0 Å². The van der Waals surface area contributed by atoms with Gasteiger partial charge in [-0.15, -0.1) is 11.3 Å². The van der Waals surface area contributed by atoms with Crippen molar-refractivity contribution in [3.05, 3.63) is 44.6 Å². The zero-order valence-electron chi connectivity index (χ0n) is 13.7. The van der Waals surface area contributed by atoms with Crippen LogP contribution in [0.15, 0.2) is 18.5 Å². The molecule has 3 nitrogen and oxygen atoms in total. The summed E-state index contributed by atoms with van der Waals surface area (Å²) < 4.78 is 38.7. The SMILES string of the molecule is CC(CCc1cc(C(F)(F)F)c(Cl)cn1)Cc1cnc(C2(N)CC2)s1. The molecule has 1 unspecified atom stereocenters. The second kappa shape index (κ2) is 6.85. The van der Waals surface area contributed by atoms with Crippen LogP contribution in [0.3, 0.4) is 0 Å². The highest BCUT2D eigenvalue weighted by Crippen LogP contribution is 2.44. The molecule has 0 bridgehead atoms. The van der Waals surface area contributed by atoms with Crippen LogP contribution < -0.4 is 5.73 Å². The molecule has 0 saturated heterocycles. The quantitative estimate of drug-likeness (QED) is 0.758. The Morgan fingerprint density at radius 1 is 1.32 bits per heavy atom. The van der Waals surface area contributed by atoms with E-state index in [4.69, 9.17) is 17.3 Å². The van der Waals surface area contributed by atoms with E-state index in [-0.39, 0.29) is 10.6 Å². The lowest BCUT2D eigenvalue weighted by Gasteiger charge is -2.12. The van der Waals surface area contributed by atoms with Crippen molar-refractivity contribution in [3.8, 4) is 0 Å². The van der Waals surface area contributed by atoms with Gasteiger partial charge in [-0.1, -0.05) is 18.5 Å². The molecule has 2 N–H and O–H groups in total. The average Bonchev–Trinajstić information content (AvgIpc) is 3.10. The standard InChI is InChI=1S/C17H19ClF3N3S/c1-10(6-12-8-24-15(25-12)16(22)4-5-16)2-3-11-7-13(17(19,20)21)14(18)9-23-11/h7-10H,2-6,22H2,1H3. The minimum Gasteiger partial charge on any atom is -0.319 e. The molecule has 0 aliphatic heterocycles. The zero-order chi connectivity index (χ0) is 18.2. The van der Waals surface area contributed by atoms with Gasteiger partial charge in [0, 0.05) is 23.0 Å². The van der Waals surface area contributed by atoms with Gasteiger partial charge in [0.2, 0.25) is 0 Å². The van der Waals surface area contributed by atoms with Crippen molar-refractivity contribution in [2.45, 2.75) is 50.7 Å². The number of nitrogens with two attached hydrogens (primary N) is 1. The van der Waals surface area contributed by atoms with E-state index in [1.54, 1.807) is 11.3 Å². The highest BCUT2D eigenvalue weighted by molar-refractivity contribution is 7.11. The summed E-state index contributed by atoms with van der Waals surface area (Å²) >= 11 is 7.24. The van der Waals surface area contributed by atoms with Crippen LogP contribution in [0.4, 0.5) is 13.2 Å². The minimum atomic E-state index is -4.46. The number of hydrogen-bond donors (Lipinski definition) is 1. The second-order valence-corrected chi connectivity index (χ2v) is 8.31. The van der Waals surface area contributed by atoms with Gasteiger partial charge in [-0.2, -0.15) is 13.2 Å². The van der Waals surface area contributed by atoms with Gasteiger partial charge in [0.05, 0.1) is 16.1 Å². The van der Waals surface area contributed by atoms with Crippen LogP contribution in [0, 0.1) is 5.92 Å². The maximum absolute atomic E-state index is 12.9. The summed E-state index contributed by atoms with van der Waals surface area (Å²) in [6.45, 7) is 2.08. The molecule has 136 valence electrons. The van der Waals surface area contributed by atoms with Gasteiger partial charge < -0.3 is 5.73 Å². The lowest BCUT2D eigenvalue weighted by atomic mass is 9.99. The Morgan fingerprint density at radius 2 is 2.04 bits per heavy atom. The van der Waals surface area contributed by atoms with E-state index in [1.807, 2.05) is 6.20 Å². The molecular weight excluding hydrogens is 371 g/mol. The van der Waals surface area contributed by atoms with Crippen molar-refractivity contribution in [2.75, 3.05) is 0 Å². The third-order valence-corrected chi connectivity index (χ3v) is 5.97. The van der Waals surface area contributed by atoms with E-state index < -0.39 is 11.7 Å². The van der Waals surface area contributed by atoms with E-state index in [0.29, 0.717) is 18.0 Å². The molecule has 2 aromatic rings. The fraction of sp³-hybridized carbons (Fsp3) is 0.529. The normalized spacial score (nSPS) is 17.5. The highest BCUT2D eigenvalue weighted by atomic mass is 35.5. The summed E-state index contributed by atoms with van der Waals surface area (Å²) in [5.74, 6) is 0.313. The largest absolute Gasteiger partial charge is 0.417 e. The molecule has 25 heavy (non-hydrogen) atoms. The maximum atomic E-state index is 12.9. The predicted molar refractivity (Wildman–Crippen MR) is 92.7 cm³/mol. The molecular formula is C17H19ClF3N3S. The molecule has 1 saturated carbocycles. The molecule has 3 rings (SSSR count). The van der Waals surface area contributed by atoms with E-state index in [2.05, 4.69) is 16.9 Å². The van der Waals surface area contributed by atoms with Crippen molar-refractivity contribution >= 4 is 22.9 Å². The highest BCUT2D eigenvalue weighted by Gasteiger charge is 2.42. The molecule has 0 radical (unpaired) electrons. The Labute approximate surface area is 153 Å². The van der Waals surface area contributed by atoms with Crippen molar-refractivity contribution in [1.29, 1.82) is 0 Å². The van der Waals surface area contributed by atoms with Gasteiger partial charge in [-0.25, -0.2) is 4.98 Å². The molecule has 0 spiro atoms. The third kappa shape index (κ3) is 4.51. The lowest BCUT2D eigenvalue weighted by molar-refractivity contribution is -0.137. The van der Waals surface area contributed by atoms with Crippen LogP contribution in [-0.4, -0.2) is 9.97 Å². The summed E-state index contributed by atoms with van der Waals surface area (Å²) in [4.78, 5) is 9.60. The minimum absolute atomic E-state index is 0.215. The topological polar surface area (TPSA) is 51.8 Å². The lowest BCUT2D eigenvalue weighted by Crippen LogP contribution is -2.17. The number of aromatic nitrogens is 2. The molecule has 8 heteroatoms. The van der Waals surface area contributed by atoms with Gasteiger partial charge in [-0.05, 0) is 44.1 Å². The first-order valence-electron chi connectivity index (χ1n) is 8.13. The summed E-state index contributed by atoms with van der Waals surface area (Å²) in [7, 11) is 0. The Bertz CT molecular complexity index is 756. The molecule has 2 aromatic heterocycles. The average molecular weight is 390 g/mol. The Hall–Kier alpha value is -1.18. The van der Waals surface area contributed by atoms with Crippen molar-refractivity contribution < 1.29 is 13.2 Å². The van der Waals surface area contributed by atoms with Crippen LogP contribution in [0.2, 0.25) is 5.02 Å². The van der Waals surface area contributed by atoms with Gasteiger partial charge in [0.1, 0.15) is 5.01 Å². The Morgan fingerprint density at radius 3 is 2.68 bits per heavy atom. The van der Waals surface area contributed by atoms with Gasteiger partial charge in [-0.3, -0.25) is 4.98 Å². The fourth-order valence-corrected chi connectivity index (χ4v) is 4.10. The number of thiazole rings is 1. The molecule has 1 aliphatic carbocycles. The summed E-state index contributed by atoms with van der Waals surface area (Å²) in [6.07, 6.45) is 2.52. The van der Waals surface area contributed by atoms with Gasteiger partial charge in [0.15, 0.2) is 0 Å².